The molecule has 0 aromatic heterocycles. The lowest BCUT2D eigenvalue weighted by atomic mass is 9.91. The van der Waals surface area contributed by atoms with Crippen molar-refractivity contribution in [3.8, 4) is 5.75 Å². The molecule has 3 N–H and O–H groups in total. The molecule has 0 aliphatic heterocycles. The van der Waals surface area contributed by atoms with E-state index in [2.05, 4.69) is 6.92 Å². The number of benzene rings is 1. The van der Waals surface area contributed by atoms with E-state index >= 15 is 0 Å². The molecule has 90 valence electrons. The Morgan fingerprint density at radius 1 is 1.25 bits per heavy atom. The lowest BCUT2D eigenvalue weighted by Gasteiger charge is -2.25. The summed E-state index contributed by atoms with van der Waals surface area (Å²) in [6.07, 6.45) is 1.60. The zero-order valence-corrected chi connectivity index (χ0v) is 10.1. The number of hydrogen-bond donors (Lipinski definition) is 2. The number of rotatable bonds is 6. The quantitative estimate of drug-likeness (QED) is 0.776. The molecule has 16 heavy (non-hydrogen) atoms. The topological polar surface area (TPSA) is 55.5 Å². The van der Waals surface area contributed by atoms with Crippen molar-refractivity contribution in [2.75, 3.05) is 13.2 Å². The molecule has 0 fully saturated rings. The Bertz CT molecular complexity index is 304. The van der Waals surface area contributed by atoms with E-state index in [1.165, 1.54) is 0 Å². The average Bonchev–Trinajstić information content (AvgIpc) is 2.36. The second-order valence-corrected chi connectivity index (χ2v) is 3.96. The summed E-state index contributed by atoms with van der Waals surface area (Å²) in [5.41, 5.74) is 5.52. The highest BCUT2D eigenvalue weighted by molar-refractivity contribution is 5.31. The molecule has 1 aromatic rings. The lowest BCUT2D eigenvalue weighted by Crippen LogP contribution is -2.33. The summed E-state index contributed by atoms with van der Waals surface area (Å²) >= 11 is 0. The minimum Gasteiger partial charge on any atom is -0.494 e. The summed E-state index contributed by atoms with van der Waals surface area (Å²) in [6.45, 7) is 4.94. The molecular formula is C13H21NO2. The van der Waals surface area contributed by atoms with Crippen LogP contribution in [0, 0.1) is 0 Å². The Morgan fingerprint density at radius 2 is 1.88 bits per heavy atom. The molecule has 1 unspecified atom stereocenters. The van der Waals surface area contributed by atoms with E-state index in [9.17, 15) is 5.11 Å². The first-order chi connectivity index (χ1) is 7.66. The van der Waals surface area contributed by atoms with Crippen molar-refractivity contribution < 1.29 is 9.84 Å². The zero-order chi connectivity index (χ0) is 12.0. The Morgan fingerprint density at radius 3 is 2.31 bits per heavy atom. The maximum Gasteiger partial charge on any atom is 0.119 e. The third-order valence-corrected chi connectivity index (χ3v) is 2.79. The largest absolute Gasteiger partial charge is 0.494 e. The van der Waals surface area contributed by atoms with Gasteiger partial charge < -0.3 is 15.6 Å². The van der Waals surface area contributed by atoms with Crippen LogP contribution >= 0.6 is 0 Å². The average molecular weight is 223 g/mol. The fourth-order valence-electron chi connectivity index (χ4n) is 1.55. The molecule has 1 atom stereocenters. The highest BCUT2D eigenvalue weighted by Gasteiger charge is 2.24. The predicted molar refractivity (Wildman–Crippen MR) is 65.5 cm³/mol. The Hall–Kier alpha value is -1.06. The van der Waals surface area contributed by atoms with Crippen LogP contribution < -0.4 is 10.5 Å². The van der Waals surface area contributed by atoms with Gasteiger partial charge in [-0.1, -0.05) is 26.0 Å². The molecule has 0 spiro atoms. The number of hydrogen-bond acceptors (Lipinski definition) is 3. The van der Waals surface area contributed by atoms with Crippen LogP contribution in [0.3, 0.4) is 0 Å². The summed E-state index contributed by atoms with van der Waals surface area (Å²) in [5.74, 6) is 0.834. The van der Waals surface area contributed by atoms with Crippen LogP contribution in [0.5, 0.6) is 5.75 Å². The van der Waals surface area contributed by atoms with E-state index in [4.69, 9.17) is 10.5 Å². The maximum absolute atomic E-state index is 10.2. The van der Waals surface area contributed by atoms with E-state index in [-0.39, 0.29) is 6.54 Å². The molecule has 3 heteroatoms. The van der Waals surface area contributed by atoms with E-state index in [1.54, 1.807) is 0 Å². The molecule has 0 saturated heterocycles. The Kier molecular flexibility index (Phi) is 4.77. The SMILES string of the molecule is CCCOc1ccc(C(O)(CC)CN)cc1. The van der Waals surface area contributed by atoms with Crippen molar-refractivity contribution in [1.82, 2.24) is 0 Å². The maximum atomic E-state index is 10.2. The van der Waals surface area contributed by atoms with Crippen molar-refractivity contribution in [3.05, 3.63) is 29.8 Å². The molecule has 0 radical (unpaired) electrons. The smallest absolute Gasteiger partial charge is 0.119 e. The van der Waals surface area contributed by atoms with Crippen LogP contribution in [0.2, 0.25) is 0 Å². The standard InChI is InChI=1S/C13H21NO2/c1-3-9-16-12-7-5-11(6-8-12)13(15,4-2)10-14/h5-8,15H,3-4,9-10,14H2,1-2H3. The minimum absolute atomic E-state index is 0.235. The van der Waals surface area contributed by atoms with Gasteiger partial charge in [0.15, 0.2) is 0 Å². The first-order valence-electron chi connectivity index (χ1n) is 5.82. The van der Waals surface area contributed by atoms with Crippen molar-refractivity contribution in [1.29, 1.82) is 0 Å². The molecule has 1 rings (SSSR count). The molecule has 0 bridgehead atoms. The van der Waals surface area contributed by atoms with Gasteiger partial charge in [0.25, 0.3) is 0 Å². The first-order valence-corrected chi connectivity index (χ1v) is 5.82. The molecule has 3 nitrogen and oxygen atoms in total. The molecule has 0 aliphatic carbocycles. The van der Waals surface area contributed by atoms with Gasteiger partial charge in [-0.15, -0.1) is 0 Å². The first kappa shape index (κ1) is 13.0. The molecule has 0 saturated carbocycles. The van der Waals surface area contributed by atoms with Gasteiger partial charge in [-0.05, 0) is 30.5 Å². The van der Waals surface area contributed by atoms with E-state index in [0.29, 0.717) is 13.0 Å². The number of ether oxygens (including phenoxy) is 1. The highest BCUT2D eigenvalue weighted by atomic mass is 16.5. The minimum atomic E-state index is -0.913. The van der Waals surface area contributed by atoms with Gasteiger partial charge in [0.05, 0.1) is 6.61 Å². The van der Waals surface area contributed by atoms with Gasteiger partial charge >= 0.3 is 0 Å². The Balaban J connectivity index is 2.77. The van der Waals surface area contributed by atoms with Gasteiger partial charge in [0.1, 0.15) is 11.4 Å². The molecule has 1 aromatic carbocycles. The van der Waals surface area contributed by atoms with Crippen molar-refractivity contribution in [3.63, 3.8) is 0 Å². The summed E-state index contributed by atoms with van der Waals surface area (Å²) < 4.78 is 5.48. The van der Waals surface area contributed by atoms with Crippen LogP contribution in [0.15, 0.2) is 24.3 Å². The molecule has 0 aliphatic rings. The summed E-state index contributed by atoms with van der Waals surface area (Å²) in [4.78, 5) is 0. The van der Waals surface area contributed by atoms with Crippen LogP contribution in [0.4, 0.5) is 0 Å². The number of aliphatic hydroxyl groups is 1. The zero-order valence-electron chi connectivity index (χ0n) is 10.1. The van der Waals surface area contributed by atoms with Gasteiger partial charge in [-0.3, -0.25) is 0 Å². The summed E-state index contributed by atoms with van der Waals surface area (Å²) in [6, 6.07) is 7.51. The monoisotopic (exact) mass is 223 g/mol. The molecular weight excluding hydrogens is 202 g/mol. The van der Waals surface area contributed by atoms with E-state index in [0.717, 1.165) is 17.7 Å². The third kappa shape index (κ3) is 2.97. The van der Waals surface area contributed by atoms with Crippen LogP contribution in [-0.2, 0) is 5.60 Å². The van der Waals surface area contributed by atoms with Crippen molar-refractivity contribution in [2.24, 2.45) is 5.73 Å². The third-order valence-electron chi connectivity index (χ3n) is 2.79. The molecule has 0 heterocycles. The fraction of sp³-hybridized carbons (Fsp3) is 0.538. The van der Waals surface area contributed by atoms with Gasteiger partial charge in [-0.2, -0.15) is 0 Å². The van der Waals surface area contributed by atoms with Crippen LogP contribution in [0.25, 0.3) is 0 Å². The van der Waals surface area contributed by atoms with Crippen LogP contribution in [-0.4, -0.2) is 18.3 Å². The second-order valence-electron chi connectivity index (χ2n) is 3.96. The Labute approximate surface area is 97.2 Å². The van der Waals surface area contributed by atoms with Crippen molar-refractivity contribution in [2.45, 2.75) is 32.3 Å². The van der Waals surface area contributed by atoms with E-state index < -0.39 is 5.60 Å². The normalized spacial score (nSPS) is 14.5. The van der Waals surface area contributed by atoms with Gasteiger partial charge in [0.2, 0.25) is 0 Å². The fourth-order valence-corrected chi connectivity index (χ4v) is 1.55. The van der Waals surface area contributed by atoms with Gasteiger partial charge in [-0.25, -0.2) is 0 Å². The molecule has 0 amide bonds. The van der Waals surface area contributed by atoms with Crippen LogP contribution in [0.1, 0.15) is 32.3 Å². The number of nitrogens with two attached hydrogens (primary N) is 1. The second kappa shape index (κ2) is 5.87. The lowest BCUT2D eigenvalue weighted by molar-refractivity contribution is 0.0418. The van der Waals surface area contributed by atoms with Gasteiger partial charge in [0, 0.05) is 6.54 Å². The van der Waals surface area contributed by atoms with Crippen molar-refractivity contribution >= 4 is 0 Å². The van der Waals surface area contributed by atoms with E-state index in [1.807, 2.05) is 31.2 Å². The highest BCUT2D eigenvalue weighted by Crippen LogP contribution is 2.25. The predicted octanol–water partition coefficient (Wildman–Crippen LogP) is 2.03. The summed E-state index contributed by atoms with van der Waals surface area (Å²) in [5, 5.41) is 10.2. The summed E-state index contributed by atoms with van der Waals surface area (Å²) in [7, 11) is 0.